The van der Waals surface area contributed by atoms with Gasteiger partial charge in [0.15, 0.2) is 17.9 Å². The number of aromatic amines is 1. The number of aromatic nitrogens is 3. The summed E-state index contributed by atoms with van der Waals surface area (Å²) >= 11 is 0. The van der Waals surface area contributed by atoms with E-state index in [4.69, 9.17) is 4.74 Å². The van der Waals surface area contributed by atoms with E-state index in [0.29, 0.717) is 23.6 Å². The fraction of sp³-hybridized carbons (Fsp3) is 0.138. The highest BCUT2D eigenvalue weighted by Crippen LogP contribution is 2.46. The molecule has 1 aliphatic rings. The Labute approximate surface area is 216 Å². The van der Waals surface area contributed by atoms with Crippen LogP contribution >= 0.6 is 0 Å². The first-order valence-electron chi connectivity index (χ1n) is 12.0. The van der Waals surface area contributed by atoms with Gasteiger partial charge in [0.1, 0.15) is 11.6 Å². The predicted molar refractivity (Wildman–Crippen MR) is 141 cm³/mol. The first-order valence-corrected chi connectivity index (χ1v) is 12.0. The van der Waals surface area contributed by atoms with E-state index >= 15 is 0 Å². The van der Waals surface area contributed by atoms with E-state index in [-0.39, 0.29) is 22.9 Å². The maximum absolute atomic E-state index is 14.1. The Balaban J connectivity index is 0.000000163. The Morgan fingerprint density at radius 3 is 2.53 bits per heavy atom. The largest absolute Gasteiger partial charge is 0.454 e. The minimum Gasteiger partial charge on any atom is -0.454 e. The summed E-state index contributed by atoms with van der Waals surface area (Å²) in [5, 5.41) is 10.9. The lowest BCUT2D eigenvalue weighted by Crippen LogP contribution is -2.20. The number of anilines is 1. The molecular formula is C29H24F2N4O3. The SMILES string of the molecule is CNc1ccc(Oc2cc3cn[nH]c3cc2C2CC2)c(F)c1.O=Cc1cccn(-c2ccc(F)cc2)c1=O. The first-order chi connectivity index (χ1) is 18.5. The number of hydrogen-bond acceptors (Lipinski definition) is 5. The number of pyridine rings is 1. The fourth-order valence-electron chi connectivity index (χ4n) is 4.05. The lowest BCUT2D eigenvalue weighted by atomic mass is 10.1. The third-order valence-corrected chi connectivity index (χ3v) is 6.24. The van der Waals surface area contributed by atoms with E-state index in [2.05, 4.69) is 21.6 Å². The number of hydrogen-bond donors (Lipinski definition) is 2. The van der Waals surface area contributed by atoms with Crippen molar-refractivity contribution in [1.29, 1.82) is 0 Å². The molecular weight excluding hydrogens is 490 g/mol. The van der Waals surface area contributed by atoms with Crippen molar-refractivity contribution in [1.82, 2.24) is 14.8 Å². The molecule has 0 amide bonds. The number of nitrogens with one attached hydrogen (secondary N) is 2. The zero-order chi connectivity index (χ0) is 26.6. The summed E-state index contributed by atoms with van der Waals surface area (Å²) in [5.41, 5.74) is 3.01. The standard InChI is InChI=1S/C17H16FN3O.C12H8FNO2/c1-19-12-4-5-16(14(18)7-12)22-17-6-11-9-20-21-15(11)8-13(17)10-2-3-10;13-10-3-5-11(6-4-10)14-7-1-2-9(8-15)12(14)16/h4-10,19H,2-3H2,1H3,(H,20,21);1-8H. The van der Waals surface area contributed by atoms with Gasteiger partial charge in [0, 0.05) is 41.6 Å². The monoisotopic (exact) mass is 514 g/mol. The molecule has 5 aromatic rings. The fourth-order valence-corrected chi connectivity index (χ4v) is 4.05. The van der Waals surface area contributed by atoms with Gasteiger partial charge in [-0.1, -0.05) is 0 Å². The van der Waals surface area contributed by atoms with Crippen LogP contribution in [-0.2, 0) is 0 Å². The molecule has 1 saturated carbocycles. The lowest BCUT2D eigenvalue weighted by molar-refractivity contribution is 0.112. The van der Waals surface area contributed by atoms with Crippen molar-refractivity contribution in [3.05, 3.63) is 112 Å². The Kier molecular flexibility index (Phi) is 6.99. The number of carbonyl (C=O) groups is 1. The smallest absolute Gasteiger partial charge is 0.265 e. The van der Waals surface area contributed by atoms with Crippen LogP contribution in [0, 0.1) is 11.6 Å². The van der Waals surface area contributed by atoms with Crippen LogP contribution in [0.5, 0.6) is 11.5 Å². The summed E-state index contributed by atoms with van der Waals surface area (Å²) in [4.78, 5) is 22.3. The predicted octanol–water partition coefficient (Wildman–Crippen LogP) is 6.20. The minimum absolute atomic E-state index is 0.0758. The van der Waals surface area contributed by atoms with Gasteiger partial charge in [-0.2, -0.15) is 5.10 Å². The van der Waals surface area contributed by atoms with E-state index in [1.54, 1.807) is 31.4 Å². The van der Waals surface area contributed by atoms with Crippen molar-refractivity contribution in [2.45, 2.75) is 18.8 Å². The van der Waals surface area contributed by atoms with Gasteiger partial charge in [-0.15, -0.1) is 0 Å². The van der Waals surface area contributed by atoms with Crippen molar-refractivity contribution in [2.24, 2.45) is 0 Å². The number of aldehydes is 1. The topological polar surface area (TPSA) is 89.0 Å². The molecule has 1 fully saturated rings. The highest BCUT2D eigenvalue weighted by atomic mass is 19.1. The molecule has 1 aliphatic carbocycles. The van der Waals surface area contributed by atoms with Crippen LogP contribution in [-0.4, -0.2) is 28.1 Å². The summed E-state index contributed by atoms with van der Waals surface area (Å²) < 4.78 is 34.0. The lowest BCUT2D eigenvalue weighted by Gasteiger charge is -2.12. The van der Waals surface area contributed by atoms with Gasteiger partial charge >= 0.3 is 0 Å². The normalized spacial score (nSPS) is 12.5. The molecule has 0 radical (unpaired) electrons. The van der Waals surface area contributed by atoms with Crippen molar-refractivity contribution in [3.63, 3.8) is 0 Å². The van der Waals surface area contributed by atoms with Crippen LogP contribution in [0.4, 0.5) is 14.5 Å². The number of halogens is 2. The Hall–Kier alpha value is -4.79. The zero-order valence-electron chi connectivity index (χ0n) is 20.4. The highest BCUT2D eigenvalue weighted by Gasteiger charge is 2.28. The van der Waals surface area contributed by atoms with Gasteiger partial charge in [0.25, 0.3) is 5.56 Å². The molecule has 3 aromatic carbocycles. The van der Waals surface area contributed by atoms with Crippen molar-refractivity contribution in [2.75, 3.05) is 12.4 Å². The second kappa shape index (κ2) is 10.7. The van der Waals surface area contributed by atoms with E-state index in [1.165, 1.54) is 47.2 Å². The highest BCUT2D eigenvalue weighted by molar-refractivity contribution is 5.81. The third kappa shape index (κ3) is 5.31. The second-order valence-electron chi connectivity index (χ2n) is 8.85. The van der Waals surface area contributed by atoms with Gasteiger partial charge in [-0.25, -0.2) is 8.78 Å². The van der Waals surface area contributed by atoms with Crippen LogP contribution in [0.1, 0.15) is 34.7 Å². The minimum atomic E-state index is -0.413. The Bertz CT molecular complexity index is 1660. The Morgan fingerprint density at radius 1 is 1.05 bits per heavy atom. The van der Waals surface area contributed by atoms with E-state index in [9.17, 15) is 18.4 Å². The van der Waals surface area contributed by atoms with Crippen LogP contribution in [0.15, 0.2) is 83.9 Å². The van der Waals surface area contributed by atoms with Crippen LogP contribution < -0.4 is 15.6 Å². The molecule has 7 nitrogen and oxygen atoms in total. The maximum Gasteiger partial charge on any atom is 0.265 e. The first kappa shape index (κ1) is 24.9. The second-order valence-corrected chi connectivity index (χ2v) is 8.85. The van der Waals surface area contributed by atoms with Crippen molar-refractivity contribution >= 4 is 22.9 Å². The number of rotatable bonds is 6. The maximum atomic E-state index is 14.1. The van der Waals surface area contributed by atoms with E-state index in [0.717, 1.165) is 35.0 Å². The number of nitrogens with zero attached hydrogens (tertiary/aromatic N) is 2. The van der Waals surface area contributed by atoms with Crippen LogP contribution in [0.2, 0.25) is 0 Å². The molecule has 0 aliphatic heterocycles. The number of benzene rings is 3. The summed E-state index contributed by atoms with van der Waals surface area (Å²) in [6, 6.07) is 17.4. The average Bonchev–Trinajstić information content (AvgIpc) is 3.68. The molecule has 0 bridgehead atoms. The molecule has 38 heavy (non-hydrogen) atoms. The summed E-state index contributed by atoms with van der Waals surface area (Å²) in [6.07, 6.45) is 6.08. The summed E-state index contributed by atoms with van der Waals surface area (Å²) in [6.45, 7) is 0. The molecule has 0 unspecified atom stereocenters. The van der Waals surface area contributed by atoms with Gasteiger partial charge in [-0.05, 0) is 79.4 Å². The molecule has 0 spiro atoms. The molecule has 9 heteroatoms. The van der Waals surface area contributed by atoms with Crippen molar-refractivity contribution < 1.29 is 18.3 Å². The third-order valence-electron chi connectivity index (χ3n) is 6.24. The molecule has 2 heterocycles. The van der Waals surface area contributed by atoms with Gasteiger partial charge in [0.2, 0.25) is 0 Å². The van der Waals surface area contributed by atoms with Crippen LogP contribution in [0.25, 0.3) is 16.6 Å². The number of carbonyl (C=O) groups excluding carboxylic acids is 1. The van der Waals surface area contributed by atoms with Gasteiger partial charge < -0.3 is 10.1 Å². The number of ether oxygens (including phenoxy) is 1. The summed E-state index contributed by atoms with van der Waals surface area (Å²) in [7, 11) is 1.76. The molecule has 0 saturated heterocycles. The van der Waals surface area contributed by atoms with E-state index in [1.807, 2.05) is 6.07 Å². The molecule has 2 N–H and O–H groups in total. The Morgan fingerprint density at radius 2 is 1.84 bits per heavy atom. The summed E-state index contributed by atoms with van der Waals surface area (Å²) in [5.74, 6) is 0.711. The van der Waals surface area contributed by atoms with Crippen LogP contribution in [0.3, 0.4) is 0 Å². The average molecular weight is 515 g/mol. The van der Waals surface area contributed by atoms with E-state index < -0.39 is 5.56 Å². The zero-order valence-corrected chi connectivity index (χ0v) is 20.4. The molecule has 6 rings (SSSR count). The molecule has 0 atom stereocenters. The number of fused-ring (bicyclic) bond motifs is 1. The number of H-pyrrole nitrogens is 1. The van der Waals surface area contributed by atoms with Gasteiger partial charge in [0.05, 0.1) is 17.3 Å². The van der Waals surface area contributed by atoms with Gasteiger partial charge in [-0.3, -0.25) is 19.3 Å². The molecule has 2 aromatic heterocycles. The quantitative estimate of drug-likeness (QED) is 0.263. The molecule has 192 valence electrons. The van der Waals surface area contributed by atoms with Crippen molar-refractivity contribution in [3.8, 4) is 17.2 Å².